The van der Waals surface area contributed by atoms with Crippen LogP contribution in [-0.2, 0) is 21.4 Å². The minimum atomic E-state index is -3.77. The molecule has 0 aliphatic carbocycles. The van der Waals surface area contributed by atoms with E-state index in [1.165, 1.54) is 14.1 Å². The van der Waals surface area contributed by atoms with Crippen LogP contribution in [0.5, 0.6) is 0 Å². The lowest BCUT2D eigenvalue weighted by atomic mass is 10.1. The van der Waals surface area contributed by atoms with E-state index in [0.29, 0.717) is 17.3 Å². The van der Waals surface area contributed by atoms with Crippen molar-refractivity contribution in [1.29, 1.82) is 0 Å². The highest BCUT2D eigenvalue weighted by molar-refractivity contribution is 7.90. The number of halogens is 1. The summed E-state index contributed by atoms with van der Waals surface area (Å²) >= 11 is 5.86. The third-order valence-corrected chi connectivity index (χ3v) is 6.02. The Morgan fingerprint density at radius 2 is 1.67 bits per heavy atom. The quantitative estimate of drug-likeness (QED) is 0.647. The number of carbonyl (C=O) groups is 1. The average molecular weight is 410 g/mol. The van der Waals surface area contributed by atoms with Gasteiger partial charge in [-0.15, -0.1) is 0 Å². The zero-order valence-electron chi connectivity index (χ0n) is 15.4. The number of anilines is 1. The van der Waals surface area contributed by atoms with Crippen LogP contribution in [0.4, 0.5) is 5.69 Å². The van der Waals surface area contributed by atoms with E-state index in [0.717, 1.165) is 27.0 Å². The van der Waals surface area contributed by atoms with Gasteiger partial charge in [-0.05, 0) is 42.7 Å². The van der Waals surface area contributed by atoms with Gasteiger partial charge in [0, 0.05) is 25.7 Å². The number of rotatable bonds is 9. The Kier molecular flexibility index (Phi) is 7.65. The van der Waals surface area contributed by atoms with Crippen molar-refractivity contribution in [3.8, 4) is 0 Å². The van der Waals surface area contributed by atoms with Crippen molar-refractivity contribution in [2.45, 2.75) is 12.8 Å². The second-order valence-electron chi connectivity index (χ2n) is 6.21. The molecule has 0 saturated carbocycles. The van der Waals surface area contributed by atoms with Gasteiger partial charge in [0.15, 0.2) is 0 Å². The molecule has 0 aliphatic rings. The normalized spacial score (nSPS) is 11.4. The van der Waals surface area contributed by atoms with E-state index in [2.05, 4.69) is 5.32 Å². The summed E-state index contributed by atoms with van der Waals surface area (Å²) in [6.45, 7) is 0.192. The van der Waals surface area contributed by atoms with Crippen molar-refractivity contribution in [1.82, 2.24) is 9.62 Å². The van der Waals surface area contributed by atoms with Crippen molar-refractivity contribution in [2.75, 3.05) is 31.5 Å². The molecule has 2 aromatic carbocycles. The van der Waals surface area contributed by atoms with Gasteiger partial charge in [0.1, 0.15) is 6.54 Å². The van der Waals surface area contributed by atoms with E-state index in [-0.39, 0.29) is 12.5 Å². The van der Waals surface area contributed by atoms with Gasteiger partial charge in [-0.1, -0.05) is 41.9 Å². The molecule has 0 saturated heterocycles. The molecule has 0 aromatic heterocycles. The molecular weight excluding hydrogens is 386 g/mol. The number of hydrogen-bond donors (Lipinski definition) is 1. The Balaban J connectivity index is 1.93. The highest BCUT2D eigenvalue weighted by Gasteiger charge is 2.26. The number of hydrogen-bond acceptors (Lipinski definition) is 3. The monoisotopic (exact) mass is 409 g/mol. The van der Waals surface area contributed by atoms with Gasteiger partial charge in [-0.2, -0.15) is 12.7 Å². The Morgan fingerprint density at radius 3 is 2.26 bits per heavy atom. The van der Waals surface area contributed by atoms with Gasteiger partial charge in [-0.3, -0.25) is 4.79 Å². The maximum atomic E-state index is 12.6. The maximum absolute atomic E-state index is 12.6. The van der Waals surface area contributed by atoms with Crippen LogP contribution < -0.4 is 9.62 Å². The lowest BCUT2D eigenvalue weighted by Crippen LogP contribution is -2.46. The molecule has 0 heterocycles. The molecule has 0 bridgehead atoms. The Labute approximate surface area is 165 Å². The molecule has 0 spiro atoms. The van der Waals surface area contributed by atoms with Crippen LogP contribution in [0.2, 0.25) is 5.02 Å². The van der Waals surface area contributed by atoms with E-state index >= 15 is 0 Å². The van der Waals surface area contributed by atoms with Crippen LogP contribution in [-0.4, -0.2) is 45.8 Å². The standard InChI is InChI=1S/C19H24ClN3O3S/c1-22(2)27(25,26)23(18-8-4-3-5-9-18)15-19(24)21-14-6-7-16-10-12-17(20)13-11-16/h3-5,8-13H,6-7,14-15H2,1-2H3,(H,21,24). The van der Waals surface area contributed by atoms with Crippen LogP contribution in [0, 0.1) is 0 Å². The second-order valence-corrected chi connectivity index (χ2v) is 8.72. The Hall–Kier alpha value is -2.09. The molecule has 0 aliphatic heterocycles. The molecular formula is C19H24ClN3O3S. The van der Waals surface area contributed by atoms with Crippen LogP contribution >= 0.6 is 11.6 Å². The number of amides is 1. The van der Waals surface area contributed by atoms with Gasteiger partial charge in [0.05, 0.1) is 5.69 Å². The summed E-state index contributed by atoms with van der Waals surface area (Å²) in [7, 11) is -0.892. The smallest absolute Gasteiger partial charge is 0.304 e. The molecule has 0 unspecified atom stereocenters. The van der Waals surface area contributed by atoms with Crippen molar-refractivity contribution in [3.05, 3.63) is 65.2 Å². The van der Waals surface area contributed by atoms with E-state index in [4.69, 9.17) is 11.6 Å². The molecule has 0 fully saturated rings. The first kappa shape index (κ1) is 21.2. The van der Waals surface area contributed by atoms with Gasteiger partial charge >= 0.3 is 10.2 Å². The fraction of sp³-hybridized carbons (Fsp3) is 0.316. The maximum Gasteiger partial charge on any atom is 0.304 e. The summed E-state index contributed by atoms with van der Waals surface area (Å²) in [5.41, 5.74) is 1.58. The first-order chi connectivity index (χ1) is 12.8. The molecule has 2 rings (SSSR count). The van der Waals surface area contributed by atoms with Crippen molar-refractivity contribution >= 4 is 33.4 Å². The SMILES string of the molecule is CN(C)S(=O)(=O)N(CC(=O)NCCCc1ccc(Cl)cc1)c1ccccc1. The highest BCUT2D eigenvalue weighted by Crippen LogP contribution is 2.18. The summed E-state index contributed by atoms with van der Waals surface area (Å²) in [6, 6.07) is 16.1. The first-order valence-electron chi connectivity index (χ1n) is 8.57. The fourth-order valence-electron chi connectivity index (χ4n) is 2.46. The molecule has 146 valence electrons. The zero-order valence-corrected chi connectivity index (χ0v) is 17.0. The van der Waals surface area contributed by atoms with Crippen molar-refractivity contribution in [2.24, 2.45) is 0 Å². The number of nitrogens with one attached hydrogen (secondary N) is 1. The number of para-hydroxylation sites is 1. The molecule has 27 heavy (non-hydrogen) atoms. The third-order valence-electron chi connectivity index (χ3n) is 3.95. The summed E-state index contributed by atoms with van der Waals surface area (Å²) in [5, 5.41) is 3.48. The predicted octanol–water partition coefficient (Wildman–Crippen LogP) is 2.70. The summed E-state index contributed by atoms with van der Waals surface area (Å²) in [5.74, 6) is -0.347. The number of aryl methyl sites for hydroxylation is 1. The van der Waals surface area contributed by atoms with E-state index < -0.39 is 10.2 Å². The van der Waals surface area contributed by atoms with Crippen molar-refractivity contribution < 1.29 is 13.2 Å². The molecule has 0 atom stereocenters. The Bertz CT molecular complexity index is 840. The van der Waals surface area contributed by atoms with Crippen LogP contribution in [0.25, 0.3) is 0 Å². The zero-order chi connectivity index (χ0) is 19.9. The molecule has 1 N–H and O–H groups in total. The average Bonchev–Trinajstić information content (AvgIpc) is 2.65. The number of benzene rings is 2. The minimum absolute atomic E-state index is 0.272. The molecule has 2 aromatic rings. The lowest BCUT2D eigenvalue weighted by Gasteiger charge is -2.26. The third kappa shape index (κ3) is 6.23. The molecule has 6 nitrogen and oxygen atoms in total. The summed E-state index contributed by atoms with van der Waals surface area (Å²) in [6.07, 6.45) is 1.55. The first-order valence-corrected chi connectivity index (χ1v) is 10.3. The molecule has 8 heteroatoms. The second kappa shape index (κ2) is 9.73. The summed E-state index contributed by atoms with van der Waals surface area (Å²) < 4.78 is 27.3. The Morgan fingerprint density at radius 1 is 1.04 bits per heavy atom. The molecule has 1 amide bonds. The number of carbonyl (C=O) groups excluding carboxylic acids is 1. The van der Waals surface area contributed by atoms with Crippen LogP contribution in [0.3, 0.4) is 0 Å². The minimum Gasteiger partial charge on any atom is -0.355 e. The topological polar surface area (TPSA) is 69.7 Å². The summed E-state index contributed by atoms with van der Waals surface area (Å²) in [4.78, 5) is 12.3. The number of nitrogens with zero attached hydrogens (tertiary/aromatic N) is 2. The van der Waals surface area contributed by atoms with Crippen molar-refractivity contribution in [3.63, 3.8) is 0 Å². The largest absolute Gasteiger partial charge is 0.355 e. The van der Waals surface area contributed by atoms with Crippen LogP contribution in [0.15, 0.2) is 54.6 Å². The van der Waals surface area contributed by atoms with E-state index in [9.17, 15) is 13.2 Å². The van der Waals surface area contributed by atoms with Gasteiger partial charge in [-0.25, -0.2) is 4.31 Å². The van der Waals surface area contributed by atoms with Gasteiger partial charge < -0.3 is 5.32 Å². The fourth-order valence-corrected chi connectivity index (χ4v) is 3.64. The van der Waals surface area contributed by atoms with E-state index in [1.54, 1.807) is 30.3 Å². The van der Waals surface area contributed by atoms with Gasteiger partial charge in [0.25, 0.3) is 0 Å². The molecule has 0 radical (unpaired) electrons. The highest BCUT2D eigenvalue weighted by atomic mass is 35.5. The lowest BCUT2D eigenvalue weighted by molar-refractivity contribution is -0.119. The van der Waals surface area contributed by atoms with Gasteiger partial charge in [0.2, 0.25) is 5.91 Å². The van der Waals surface area contributed by atoms with Crippen LogP contribution in [0.1, 0.15) is 12.0 Å². The van der Waals surface area contributed by atoms with E-state index in [1.807, 2.05) is 24.3 Å². The predicted molar refractivity (Wildman–Crippen MR) is 109 cm³/mol.